The average molecular weight is 382 g/mol. The van der Waals surface area contributed by atoms with Crippen LogP contribution in [0.3, 0.4) is 0 Å². The number of nitrogens with one attached hydrogen (secondary N) is 2. The predicted molar refractivity (Wildman–Crippen MR) is 104 cm³/mol. The van der Waals surface area contributed by atoms with Gasteiger partial charge < -0.3 is 15.5 Å². The number of rotatable bonds is 8. The molecule has 7 nitrogen and oxygen atoms in total. The summed E-state index contributed by atoms with van der Waals surface area (Å²) < 4.78 is 0. The van der Waals surface area contributed by atoms with Gasteiger partial charge in [0.2, 0.25) is 17.7 Å². The van der Waals surface area contributed by atoms with Crippen LogP contribution in [0.1, 0.15) is 72.6 Å². The fraction of sp³-hybridized carbons (Fsp3) is 0.800. The van der Waals surface area contributed by atoms with E-state index >= 15 is 0 Å². The number of Topliss-reactive ketones (excluding diaryl/α,β-unsaturated/α-hetero) is 1. The summed E-state index contributed by atoms with van der Waals surface area (Å²) >= 11 is 0. The second-order valence-corrected chi connectivity index (χ2v) is 8.28. The summed E-state index contributed by atoms with van der Waals surface area (Å²) in [6, 6.07) is -0.507. The van der Waals surface area contributed by atoms with Gasteiger partial charge in [-0.1, -0.05) is 6.92 Å². The average Bonchev–Trinajstić information content (AvgIpc) is 2.61. The predicted octanol–water partition coefficient (Wildman–Crippen LogP) is 1.79. The molecule has 0 aromatic rings. The van der Waals surface area contributed by atoms with Gasteiger partial charge in [0.05, 0.1) is 0 Å². The van der Waals surface area contributed by atoms with Crippen LogP contribution in [-0.4, -0.2) is 53.6 Å². The molecule has 1 heterocycles. The minimum absolute atomic E-state index is 0.0234. The molecule has 0 spiro atoms. The van der Waals surface area contributed by atoms with Crippen molar-refractivity contribution in [3.05, 3.63) is 0 Å². The Kier molecular flexibility index (Phi) is 8.93. The molecule has 1 rings (SSSR count). The van der Waals surface area contributed by atoms with Crippen LogP contribution in [0.15, 0.2) is 0 Å². The second-order valence-electron chi connectivity index (χ2n) is 8.28. The molecule has 1 fully saturated rings. The number of likely N-dealkylation sites (N-methyl/N-ethyl adjacent to an activating group) is 1. The first-order chi connectivity index (χ1) is 12.6. The van der Waals surface area contributed by atoms with Crippen LogP contribution in [0.25, 0.3) is 0 Å². The molecule has 2 atom stereocenters. The van der Waals surface area contributed by atoms with E-state index in [1.165, 1.54) is 0 Å². The van der Waals surface area contributed by atoms with Gasteiger partial charge in [0.1, 0.15) is 11.8 Å². The van der Waals surface area contributed by atoms with Gasteiger partial charge in [-0.15, -0.1) is 0 Å². The molecule has 1 saturated heterocycles. The molecule has 0 radical (unpaired) electrons. The number of likely N-dealkylation sites (tertiary alicyclic amines) is 1. The van der Waals surface area contributed by atoms with E-state index in [1.54, 1.807) is 11.9 Å². The van der Waals surface area contributed by atoms with Crippen molar-refractivity contribution >= 4 is 23.5 Å². The van der Waals surface area contributed by atoms with Gasteiger partial charge in [-0.3, -0.25) is 19.2 Å². The van der Waals surface area contributed by atoms with Gasteiger partial charge in [0, 0.05) is 44.3 Å². The number of hydrogen-bond donors (Lipinski definition) is 2. The summed E-state index contributed by atoms with van der Waals surface area (Å²) in [5, 5.41) is 5.51. The number of carbonyl (C=O) groups is 4. The van der Waals surface area contributed by atoms with Gasteiger partial charge in [-0.25, -0.2) is 0 Å². The third-order valence-corrected chi connectivity index (χ3v) is 4.81. The third kappa shape index (κ3) is 7.69. The van der Waals surface area contributed by atoms with E-state index in [0.717, 1.165) is 0 Å². The first-order valence-electron chi connectivity index (χ1n) is 9.93. The van der Waals surface area contributed by atoms with E-state index in [4.69, 9.17) is 0 Å². The maximum Gasteiger partial charge on any atom is 0.242 e. The highest BCUT2D eigenvalue weighted by atomic mass is 16.2. The van der Waals surface area contributed by atoms with Crippen LogP contribution in [0.4, 0.5) is 0 Å². The van der Waals surface area contributed by atoms with E-state index in [9.17, 15) is 19.2 Å². The summed E-state index contributed by atoms with van der Waals surface area (Å²) in [7, 11) is 1.56. The maximum absolute atomic E-state index is 12.7. The molecule has 0 aromatic carbocycles. The molecule has 1 aliphatic rings. The standard InChI is InChI=1S/C20H35N3O4/c1-6-16(24)14-11-12-15(19(27)21-5)23(13-14)18(26)10-8-7-9-17(25)22-20(2,3)4/h14-15H,6-13H2,1-5H3,(H,21,27)(H,22,25)/t14-,15-/m1/s1. The van der Waals surface area contributed by atoms with Crippen molar-refractivity contribution in [1.82, 2.24) is 15.5 Å². The molecular weight excluding hydrogens is 346 g/mol. The normalized spacial score (nSPS) is 20.1. The molecule has 0 bridgehead atoms. The molecule has 1 aliphatic heterocycles. The highest BCUT2D eigenvalue weighted by Crippen LogP contribution is 2.25. The minimum Gasteiger partial charge on any atom is -0.357 e. The molecule has 27 heavy (non-hydrogen) atoms. The molecular formula is C20H35N3O4. The largest absolute Gasteiger partial charge is 0.357 e. The molecule has 154 valence electrons. The zero-order valence-corrected chi connectivity index (χ0v) is 17.4. The number of amides is 3. The van der Waals surface area contributed by atoms with Crippen LogP contribution in [0.2, 0.25) is 0 Å². The molecule has 0 unspecified atom stereocenters. The van der Waals surface area contributed by atoms with Crippen molar-refractivity contribution in [2.24, 2.45) is 5.92 Å². The van der Waals surface area contributed by atoms with Crippen molar-refractivity contribution < 1.29 is 19.2 Å². The number of ketones is 1. The Morgan fingerprint density at radius 3 is 2.22 bits per heavy atom. The highest BCUT2D eigenvalue weighted by molar-refractivity contribution is 5.89. The maximum atomic E-state index is 12.7. The lowest BCUT2D eigenvalue weighted by molar-refractivity contribution is -0.145. The van der Waals surface area contributed by atoms with E-state index in [1.807, 2.05) is 27.7 Å². The molecule has 0 aliphatic carbocycles. The zero-order valence-electron chi connectivity index (χ0n) is 17.4. The van der Waals surface area contributed by atoms with Crippen LogP contribution in [0, 0.1) is 5.92 Å². The molecule has 0 saturated carbocycles. The van der Waals surface area contributed by atoms with Crippen LogP contribution in [-0.2, 0) is 19.2 Å². The lowest BCUT2D eigenvalue weighted by Crippen LogP contribution is -2.54. The summed E-state index contributed by atoms with van der Waals surface area (Å²) in [6.45, 7) is 7.92. The SMILES string of the molecule is CCC(=O)[C@@H]1CC[C@H](C(=O)NC)N(C(=O)CCCCC(=O)NC(C)(C)C)C1. The molecule has 2 N–H and O–H groups in total. The smallest absolute Gasteiger partial charge is 0.242 e. The number of nitrogens with zero attached hydrogens (tertiary/aromatic N) is 1. The van der Waals surface area contributed by atoms with Crippen LogP contribution >= 0.6 is 0 Å². The van der Waals surface area contributed by atoms with Gasteiger partial charge >= 0.3 is 0 Å². The van der Waals surface area contributed by atoms with Crippen molar-refractivity contribution in [3.63, 3.8) is 0 Å². The van der Waals surface area contributed by atoms with Crippen LogP contribution in [0.5, 0.6) is 0 Å². The number of unbranched alkanes of at least 4 members (excludes halogenated alkanes) is 1. The van der Waals surface area contributed by atoms with Crippen molar-refractivity contribution in [2.75, 3.05) is 13.6 Å². The number of carbonyl (C=O) groups excluding carboxylic acids is 4. The quantitative estimate of drug-likeness (QED) is 0.627. The fourth-order valence-corrected chi connectivity index (χ4v) is 3.42. The Balaban J connectivity index is 2.57. The molecule has 3 amide bonds. The van der Waals surface area contributed by atoms with Crippen molar-refractivity contribution in [1.29, 1.82) is 0 Å². The van der Waals surface area contributed by atoms with E-state index in [-0.39, 0.29) is 41.4 Å². The first-order valence-corrected chi connectivity index (χ1v) is 9.93. The first kappa shape index (κ1) is 23.1. The Morgan fingerprint density at radius 1 is 1.04 bits per heavy atom. The lowest BCUT2D eigenvalue weighted by Gasteiger charge is -2.38. The molecule has 7 heteroatoms. The van der Waals surface area contributed by atoms with Crippen LogP contribution < -0.4 is 10.6 Å². The Bertz CT molecular complexity index is 554. The van der Waals surface area contributed by atoms with E-state index in [2.05, 4.69) is 10.6 Å². The Hall–Kier alpha value is -1.92. The summed E-state index contributed by atoms with van der Waals surface area (Å²) in [5.74, 6) is -0.368. The molecule has 0 aromatic heterocycles. The topological polar surface area (TPSA) is 95.6 Å². The monoisotopic (exact) mass is 381 g/mol. The number of piperidine rings is 1. The van der Waals surface area contributed by atoms with Crippen molar-refractivity contribution in [2.45, 2.75) is 84.2 Å². The van der Waals surface area contributed by atoms with E-state index < -0.39 is 6.04 Å². The van der Waals surface area contributed by atoms with Gasteiger partial charge in [0.25, 0.3) is 0 Å². The highest BCUT2D eigenvalue weighted by Gasteiger charge is 2.37. The van der Waals surface area contributed by atoms with E-state index in [0.29, 0.717) is 45.1 Å². The van der Waals surface area contributed by atoms with Gasteiger partial charge in [-0.2, -0.15) is 0 Å². The summed E-state index contributed by atoms with van der Waals surface area (Å²) in [5.41, 5.74) is -0.262. The number of hydrogen-bond acceptors (Lipinski definition) is 4. The fourth-order valence-electron chi connectivity index (χ4n) is 3.42. The second kappa shape index (κ2) is 10.4. The third-order valence-electron chi connectivity index (χ3n) is 4.81. The zero-order chi connectivity index (χ0) is 20.6. The van der Waals surface area contributed by atoms with Gasteiger partial charge in [-0.05, 0) is 46.5 Å². The Labute approximate surface area is 162 Å². The van der Waals surface area contributed by atoms with Crippen molar-refractivity contribution in [3.8, 4) is 0 Å². The lowest BCUT2D eigenvalue weighted by atomic mass is 9.88. The van der Waals surface area contributed by atoms with Gasteiger partial charge in [0.15, 0.2) is 0 Å². The summed E-state index contributed by atoms with van der Waals surface area (Å²) in [4.78, 5) is 50.3. The minimum atomic E-state index is -0.507. The Morgan fingerprint density at radius 2 is 1.67 bits per heavy atom. The summed E-state index contributed by atoms with van der Waals surface area (Å²) in [6.07, 6.45) is 3.45.